The van der Waals surface area contributed by atoms with Crippen molar-refractivity contribution < 1.29 is 9.47 Å². The molecule has 0 aromatic rings. The zero-order chi connectivity index (χ0) is 11.1. The summed E-state index contributed by atoms with van der Waals surface area (Å²) in [5.41, 5.74) is 5.98. The van der Waals surface area contributed by atoms with Gasteiger partial charge in [0.2, 0.25) is 0 Å². The van der Waals surface area contributed by atoms with Crippen molar-refractivity contribution in [1.82, 2.24) is 5.32 Å². The molecule has 0 aromatic carbocycles. The molecule has 90 valence electrons. The van der Waals surface area contributed by atoms with Crippen LogP contribution in [0.5, 0.6) is 0 Å². The summed E-state index contributed by atoms with van der Waals surface area (Å²) < 4.78 is 10.4. The van der Waals surface area contributed by atoms with Gasteiger partial charge in [-0.2, -0.15) is 0 Å². The number of rotatable bonds is 6. The molecule has 3 N–H and O–H groups in total. The van der Waals surface area contributed by atoms with Crippen molar-refractivity contribution in [2.45, 2.75) is 37.3 Å². The molecule has 0 radical (unpaired) electrons. The maximum Gasteiger partial charge on any atom is 0.0587 e. The zero-order valence-corrected chi connectivity index (χ0v) is 9.92. The van der Waals surface area contributed by atoms with Crippen LogP contribution in [-0.2, 0) is 9.47 Å². The molecule has 1 aliphatic carbocycles. The molecule has 15 heavy (non-hydrogen) atoms. The van der Waals surface area contributed by atoms with Crippen molar-refractivity contribution >= 4 is 0 Å². The molecule has 0 saturated heterocycles. The highest BCUT2D eigenvalue weighted by atomic mass is 16.5. The molecule has 1 rings (SSSR count). The molecular weight excluding hydrogens is 192 g/mol. The van der Waals surface area contributed by atoms with E-state index in [1.165, 1.54) is 0 Å². The molecule has 0 atom stereocenters. The second kappa shape index (κ2) is 6.43. The first-order valence-electron chi connectivity index (χ1n) is 5.73. The summed E-state index contributed by atoms with van der Waals surface area (Å²) in [7, 11) is 3.51. The third-order valence-electron chi connectivity index (χ3n) is 3.42. The molecule has 0 aromatic heterocycles. The predicted molar refractivity (Wildman–Crippen MR) is 60.9 cm³/mol. The summed E-state index contributed by atoms with van der Waals surface area (Å²) in [6, 6.07) is 0. The lowest BCUT2D eigenvalue weighted by Gasteiger charge is -2.39. The van der Waals surface area contributed by atoms with Gasteiger partial charge in [-0.1, -0.05) is 0 Å². The van der Waals surface area contributed by atoms with Gasteiger partial charge in [0.1, 0.15) is 0 Å². The van der Waals surface area contributed by atoms with Crippen molar-refractivity contribution in [3.05, 3.63) is 0 Å². The first kappa shape index (κ1) is 12.9. The summed E-state index contributed by atoms with van der Waals surface area (Å²) in [6.07, 6.45) is 4.84. The van der Waals surface area contributed by atoms with Crippen molar-refractivity contribution in [2.24, 2.45) is 5.73 Å². The van der Waals surface area contributed by atoms with Crippen LogP contribution in [0.4, 0.5) is 0 Å². The van der Waals surface area contributed by atoms with E-state index in [4.69, 9.17) is 15.2 Å². The van der Waals surface area contributed by atoms with Crippen molar-refractivity contribution in [3.63, 3.8) is 0 Å². The van der Waals surface area contributed by atoms with Crippen molar-refractivity contribution in [3.8, 4) is 0 Å². The molecule has 0 aliphatic heterocycles. The van der Waals surface area contributed by atoms with E-state index in [0.29, 0.717) is 12.6 Å². The van der Waals surface area contributed by atoms with Crippen LogP contribution < -0.4 is 11.1 Å². The lowest BCUT2D eigenvalue weighted by Crippen LogP contribution is -2.54. The first-order valence-corrected chi connectivity index (χ1v) is 5.73. The van der Waals surface area contributed by atoms with E-state index in [1.54, 1.807) is 14.2 Å². The Balaban J connectivity index is 2.34. The third kappa shape index (κ3) is 3.72. The Kier molecular flexibility index (Phi) is 5.53. The number of nitrogens with two attached hydrogens (primary N) is 1. The summed E-state index contributed by atoms with van der Waals surface area (Å²) in [6.45, 7) is 2.33. The Morgan fingerprint density at radius 1 is 1.33 bits per heavy atom. The van der Waals surface area contributed by atoms with E-state index in [0.717, 1.165) is 38.8 Å². The fraction of sp³-hybridized carbons (Fsp3) is 1.00. The fourth-order valence-corrected chi connectivity index (χ4v) is 2.25. The lowest BCUT2D eigenvalue weighted by molar-refractivity contribution is 0.0414. The van der Waals surface area contributed by atoms with Gasteiger partial charge in [-0.3, -0.25) is 0 Å². The average molecular weight is 216 g/mol. The maximum absolute atomic E-state index is 5.86. The van der Waals surface area contributed by atoms with E-state index in [-0.39, 0.29) is 5.54 Å². The molecule has 0 heterocycles. The molecule has 0 bridgehead atoms. The van der Waals surface area contributed by atoms with Gasteiger partial charge in [0.15, 0.2) is 0 Å². The van der Waals surface area contributed by atoms with Gasteiger partial charge in [0.05, 0.1) is 12.7 Å². The van der Waals surface area contributed by atoms with E-state index in [9.17, 15) is 0 Å². The monoisotopic (exact) mass is 216 g/mol. The van der Waals surface area contributed by atoms with Crippen LogP contribution >= 0.6 is 0 Å². The summed E-state index contributed by atoms with van der Waals surface area (Å²) in [5, 5.41) is 3.52. The van der Waals surface area contributed by atoms with E-state index >= 15 is 0 Å². The smallest absolute Gasteiger partial charge is 0.0587 e. The van der Waals surface area contributed by atoms with Gasteiger partial charge in [-0.05, 0) is 25.7 Å². The third-order valence-corrected chi connectivity index (χ3v) is 3.42. The van der Waals surface area contributed by atoms with Crippen LogP contribution in [0.15, 0.2) is 0 Å². The number of hydrogen-bond donors (Lipinski definition) is 2. The highest BCUT2D eigenvalue weighted by molar-refractivity contribution is 4.94. The number of methoxy groups -OCH3 is 2. The minimum absolute atomic E-state index is 0.119. The SMILES string of the molecule is COCCNC1(CN)CCC(OC)CC1. The molecule has 0 spiro atoms. The summed E-state index contributed by atoms with van der Waals surface area (Å²) in [4.78, 5) is 0. The number of ether oxygens (including phenoxy) is 2. The Morgan fingerprint density at radius 3 is 2.47 bits per heavy atom. The Labute approximate surface area is 92.5 Å². The molecule has 1 saturated carbocycles. The highest BCUT2D eigenvalue weighted by Gasteiger charge is 2.33. The molecule has 0 unspecified atom stereocenters. The van der Waals surface area contributed by atoms with Crippen LogP contribution in [0.25, 0.3) is 0 Å². The van der Waals surface area contributed by atoms with Gasteiger partial charge < -0.3 is 20.5 Å². The van der Waals surface area contributed by atoms with Gasteiger partial charge in [-0.25, -0.2) is 0 Å². The number of hydrogen-bond acceptors (Lipinski definition) is 4. The van der Waals surface area contributed by atoms with Crippen LogP contribution in [-0.4, -0.2) is 45.6 Å². The Bertz CT molecular complexity index is 162. The Hall–Kier alpha value is -0.160. The van der Waals surface area contributed by atoms with E-state index in [2.05, 4.69) is 5.32 Å². The standard InChI is InChI=1S/C11H24N2O2/c1-14-8-7-13-11(9-12)5-3-10(15-2)4-6-11/h10,13H,3-9,12H2,1-2H3. The quantitative estimate of drug-likeness (QED) is 0.635. The topological polar surface area (TPSA) is 56.5 Å². The average Bonchev–Trinajstić information content (AvgIpc) is 2.30. The van der Waals surface area contributed by atoms with Crippen molar-refractivity contribution in [2.75, 3.05) is 33.9 Å². The van der Waals surface area contributed by atoms with Crippen molar-refractivity contribution in [1.29, 1.82) is 0 Å². The van der Waals surface area contributed by atoms with Crippen LogP contribution in [0, 0.1) is 0 Å². The van der Waals surface area contributed by atoms with E-state index in [1.807, 2.05) is 0 Å². The second-order valence-electron chi connectivity index (χ2n) is 4.34. The molecular formula is C11H24N2O2. The molecule has 1 fully saturated rings. The molecule has 1 aliphatic rings. The number of nitrogens with one attached hydrogen (secondary N) is 1. The molecule has 4 heteroatoms. The highest BCUT2D eigenvalue weighted by Crippen LogP contribution is 2.28. The second-order valence-corrected chi connectivity index (χ2v) is 4.34. The first-order chi connectivity index (χ1) is 7.26. The largest absolute Gasteiger partial charge is 0.383 e. The molecule has 0 amide bonds. The minimum Gasteiger partial charge on any atom is -0.383 e. The van der Waals surface area contributed by atoms with Gasteiger partial charge in [-0.15, -0.1) is 0 Å². The van der Waals surface area contributed by atoms with Gasteiger partial charge in [0.25, 0.3) is 0 Å². The Morgan fingerprint density at radius 2 is 2.00 bits per heavy atom. The summed E-state index contributed by atoms with van der Waals surface area (Å²) in [5.74, 6) is 0. The van der Waals surface area contributed by atoms with Gasteiger partial charge >= 0.3 is 0 Å². The summed E-state index contributed by atoms with van der Waals surface area (Å²) >= 11 is 0. The fourth-order valence-electron chi connectivity index (χ4n) is 2.25. The van der Waals surface area contributed by atoms with E-state index < -0.39 is 0 Å². The predicted octanol–water partition coefficient (Wildman–Crippen LogP) is 0.509. The lowest BCUT2D eigenvalue weighted by atomic mass is 9.80. The normalized spacial score (nSPS) is 31.8. The maximum atomic E-state index is 5.86. The minimum atomic E-state index is 0.119. The van der Waals surface area contributed by atoms with Crippen LogP contribution in [0.2, 0.25) is 0 Å². The zero-order valence-electron chi connectivity index (χ0n) is 9.92. The van der Waals surface area contributed by atoms with Crippen LogP contribution in [0.3, 0.4) is 0 Å². The van der Waals surface area contributed by atoms with Crippen LogP contribution in [0.1, 0.15) is 25.7 Å². The van der Waals surface area contributed by atoms with Gasteiger partial charge in [0, 0.05) is 32.8 Å². The molecule has 4 nitrogen and oxygen atoms in total.